The molecule has 5 rings (SSSR count). The summed E-state index contributed by atoms with van der Waals surface area (Å²) < 4.78 is 16.2. The van der Waals surface area contributed by atoms with Gasteiger partial charge in [-0.2, -0.15) is 4.98 Å². The fourth-order valence-electron chi connectivity index (χ4n) is 4.08. The number of fused-ring (bicyclic) bond motifs is 1. The first-order chi connectivity index (χ1) is 15.6. The number of aromatic nitrogens is 2. The van der Waals surface area contributed by atoms with Gasteiger partial charge in [0.15, 0.2) is 11.5 Å². The summed E-state index contributed by atoms with van der Waals surface area (Å²) in [6.07, 6.45) is 0.826. The number of hydrogen-bond acceptors (Lipinski definition) is 7. The summed E-state index contributed by atoms with van der Waals surface area (Å²) in [5.74, 6) is 2.80. The number of nitrogens with zero attached hydrogens (tertiary/aromatic N) is 4. The molecule has 0 N–H and O–H groups in total. The first-order valence-corrected chi connectivity index (χ1v) is 10.9. The second-order valence-electron chi connectivity index (χ2n) is 8.23. The highest BCUT2D eigenvalue weighted by atomic mass is 16.7. The van der Waals surface area contributed by atoms with Crippen molar-refractivity contribution < 1.29 is 18.8 Å². The molecule has 0 bridgehead atoms. The average Bonchev–Trinajstić information content (AvgIpc) is 3.47. The van der Waals surface area contributed by atoms with Crippen LogP contribution in [-0.4, -0.2) is 58.8 Å². The van der Waals surface area contributed by atoms with Gasteiger partial charge in [-0.25, -0.2) is 0 Å². The van der Waals surface area contributed by atoms with E-state index in [1.807, 2.05) is 48.2 Å². The maximum Gasteiger partial charge on any atom is 0.231 e. The zero-order valence-corrected chi connectivity index (χ0v) is 18.1. The van der Waals surface area contributed by atoms with Gasteiger partial charge in [0.1, 0.15) is 0 Å². The average molecular weight is 434 g/mol. The van der Waals surface area contributed by atoms with E-state index >= 15 is 0 Å². The van der Waals surface area contributed by atoms with Crippen LogP contribution in [0.5, 0.6) is 11.5 Å². The molecule has 1 saturated heterocycles. The van der Waals surface area contributed by atoms with Gasteiger partial charge in [0.05, 0.1) is 0 Å². The molecule has 8 nitrogen and oxygen atoms in total. The summed E-state index contributed by atoms with van der Waals surface area (Å²) in [6.45, 7) is 6.29. The van der Waals surface area contributed by atoms with Crippen molar-refractivity contribution in [2.24, 2.45) is 0 Å². The fourth-order valence-corrected chi connectivity index (χ4v) is 4.08. The first-order valence-electron chi connectivity index (χ1n) is 10.9. The van der Waals surface area contributed by atoms with Crippen LogP contribution >= 0.6 is 0 Å². The van der Waals surface area contributed by atoms with E-state index in [4.69, 9.17) is 14.0 Å². The minimum Gasteiger partial charge on any atom is -0.454 e. The molecule has 2 aromatic carbocycles. The third kappa shape index (κ3) is 4.60. The van der Waals surface area contributed by atoms with Crippen LogP contribution in [-0.2, 0) is 17.8 Å². The molecule has 1 amide bonds. The minimum absolute atomic E-state index is 0.128. The Morgan fingerprint density at radius 3 is 2.72 bits per heavy atom. The maximum atomic E-state index is 12.7. The maximum absolute atomic E-state index is 12.7. The van der Waals surface area contributed by atoms with E-state index in [0.29, 0.717) is 24.6 Å². The minimum atomic E-state index is 0.128. The number of amides is 1. The molecule has 0 spiro atoms. The van der Waals surface area contributed by atoms with E-state index in [1.165, 1.54) is 5.56 Å². The number of piperazine rings is 1. The highest BCUT2D eigenvalue weighted by Crippen LogP contribution is 2.32. The van der Waals surface area contributed by atoms with Crippen molar-refractivity contribution >= 4 is 5.91 Å². The number of ether oxygens (including phenoxy) is 2. The number of aryl methyl sites for hydroxylation is 2. The van der Waals surface area contributed by atoms with Crippen LogP contribution in [0.3, 0.4) is 0 Å². The topological polar surface area (TPSA) is 80.9 Å². The number of carbonyl (C=O) groups is 1. The number of benzene rings is 2. The lowest BCUT2D eigenvalue weighted by molar-refractivity contribution is -0.133. The van der Waals surface area contributed by atoms with Crippen molar-refractivity contribution in [2.75, 3.05) is 33.0 Å². The van der Waals surface area contributed by atoms with Gasteiger partial charge in [-0.3, -0.25) is 9.69 Å². The van der Waals surface area contributed by atoms with Crippen molar-refractivity contribution in [1.29, 1.82) is 0 Å². The highest BCUT2D eigenvalue weighted by Gasteiger charge is 2.22. The summed E-state index contributed by atoms with van der Waals surface area (Å²) in [6, 6.07) is 14.0. The zero-order chi connectivity index (χ0) is 21.9. The zero-order valence-electron chi connectivity index (χ0n) is 18.1. The molecule has 0 aliphatic carbocycles. The van der Waals surface area contributed by atoms with Crippen LogP contribution in [0, 0.1) is 6.92 Å². The SMILES string of the molecule is Cc1cccc(-c2noc(CCC(=O)N3CCN(Cc4ccc5c(c4)OCO5)CC3)n2)c1. The van der Waals surface area contributed by atoms with Gasteiger partial charge >= 0.3 is 0 Å². The molecule has 2 aliphatic rings. The molecular weight excluding hydrogens is 408 g/mol. The van der Waals surface area contributed by atoms with Gasteiger partial charge < -0.3 is 18.9 Å². The first kappa shape index (κ1) is 20.5. The lowest BCUT2D eigenvalue weighted by atomic mass is 10.1. The molecule has 1 fully saturated rings. The fraction of sp³-hybridized carbons (Fsp3) is 0.375. The predicted octanol–water partition coefficient (Wildman–Crippen LogP) is 3.05. The lowest BCUT2D eigenvalue weighted by Crippen LogP contribution is -2.48. The predicted molar refractivity (Wildman–Crippen MR) is 117 cm³/mol. The normalized spacial score (nSPS) is 15.8. The molecule has 0 radical (unpaired) electrons. The van der Waals surface area contributed by atoms with E-state index in [-0.39, 0.29) is 12.7 Å². The van der Waals surface area contributed by atoms with Crippen LogP contribution in [0.1, 0.15) is 23.4 Å². The molecule has 166 valence electrons. The summed E-state index contributed by atoms with van der Waals surface area (Å²) >= 11 is 0. The van der Waals surface area contributed by atoms with Crippen LogP contribution < -0.4 is 9.47 Å². The van der Waals surface area contributed by atoms with Gasteiger partial charge in [0, 0.05) is 51.1 Å². The summed E-state index contributed by atoms with van der Waals surface area (Å²) in [4.78, 5) is 21.4. The molecule has 3 aromatic rings. The van der Waals surface area contributed by atoms with Crippen molar-refractivity contribution in [3.63, 3.8) is 0 Å². The smallest absolute Gasteiger partial charge is 0.231 e. The molecule has 0 atom stereocenters. The summed E-state index contributed by atoms with van der Waals surface area (Å²) in [5, 5.41) is 4.05. The quantitative estimate of drug-likeness (QED) is 0.590. The van der Waals surface area contributed by atoms with Crippen LogP contribution in [0.15, 0.2) is 47.0 Å². The molecule has 0 unspecified atom stereocenters. The van der Waals surface area contributed by atoms with E-state index < -0.39 is 0 Å². The molecule has 8 heteroatoms. The Morgan fingerprint density at radius 2 is 1.88 bits per heavy atom. The van der Waals surface area contributed by atoms with E-state index in [2.05, 4.69) is 21.1 Å². The van der Waals surface area contributed by atoms with Crippen molar-refractivity contribution in [2.45, 2.75) is 26.3 Å². The Morgan fingerprint density at radius 1 is 1.03 bits per heavy atom. The standard InChI is InChI=1S/C24H26N4O4/c1-17-3-2-4-19(13-17)24-25-22(32-26-24)7-8-23(29)28-11-9-27(10-12-28)15-18-5-6-20-21(14-18)31-16-30-20/h2-6,13-14H,7-12,15-16H2,1H3. The third-order valence-electron chi connectivity index (χ3n) is 5.87. The Labute approximate surface area is 186 Å². The molecule has 32 heavy (non-hydrogen) atoms. The molecule has 0 saturated carbocycles. The lowest BCUT2D eigenvalue weighted by Gasteiger charge is -2.34. The molecule has 3 heterocycles. The highest BCUT2D eigenvalue weighted by molar-refractivity contribution is 5.76. The largest absolute Gasteiger partial charge is 0.454 e. The molecule has 1 aromatic heterocycles. The number of carbonyl (C=O) groups excluding carboxylic acids is 1. The Balaban J connectivity index is 1.09. The summed E-state index contributed by atoms with van der Waals surface area (Å²) in [5.41, 5.74) is 3.25. The second kappa shape index (κ2) is 9.00. The van der Waals surface area contributed by atoms with Crippen LogP contribution in [0.2, 0.25) is 0 Å². The molecule has 2 aliphatic heterocycles. The molecular formula is C24H26N4O4. The van der Waals surface area contributed by atoms with Gasteiger partial charge in [0.2, 0.25) is 24.4 Å². The Kier molecular flexibility index (Phi) is 5.77. The van der Waals surface area contributed by atoms with Crippen molar-refractivity contribution in [3.8, 4) is 22.9 Å². The second-order valence-corrected chi connectivity index (χ2v) is 8.23. The van der Waals surface area contributed by atoms with E-state index in [1.54, 1.807) is 0 Å². The van der Waals surface area contributed by atoms with Gasteiger partial charge in [-0.1, -0.05) is 35.0 Å². The van der Waals surface area contributed by atoms with Crippen LogP contribution in [0.25, 0.3) is 11.4 Å². The van der Waals surface area contributed by atoms with Gasteiger partial charge in [-0.15, -0.1) is 0 Å². The van der Waals surface area contributed by atoms with Crippen LogP contribution in [0.4, 0.5) is 0 Å². The van der Waals surface area contributed by atoms with Gasteiger partial charge in [0.25, 0.3) is 0 Å². The number of rotatable bonds is 6. The Bertz CT molecular complexity index is 1100. The number of hydrogen-bond donors (Lipinski definition) is 0. The van der Waals surface area contributed by atoms with Gasteiger partial charge in [-0.05, 0) is 30.7 Å². The van der Waals surface area contributed by atoms with Crippen molar-refractivity contribution in [1.82, 2.24) is 19.9 Å². The monoisotopic (exact) mass is 434 g/mol. The van der Waals surface area contributed by atoms with E-state index in [0.717, 1.165) is 55.3 Å². The Hall–Kier alpha value is -3.39. The third-order valence-corrected chi connectivity index (χ3v) is 5.87. The van der Waals surface area contributed by atoms with E-state index in [9.17, 15) is 4.79 Å². The van der Waals surface area contributed by atoms with Crippen molar-refractivity contribution in [3.05, 3.63) is 59.5 Å². The summed E-state index contributed by atoms with van der Waals surface area (Å²) in [7, 11) is 0.